The summed E-state index contributed by atoms with van der Waals surface area (Å²) in [6, 6.07) is 14.7. The monoisotopic (exact) mass is 447 g/mol. The lowest BCUT2D eigenvalue weighted by Crippen LogP contribution is -2.31. The minimum absolute atomic E-state index is 0.239. The quantitative estimate of drug-likeness (QED) is 0.477. The first-order valence-corrected chi connectivity index (χ1v) is 11.2. The van der Waals surface area contributed by atoms with Crippen LogP contribution in [0.2, 0.25) is 0 Å². The van der Waals surface area contributed by atoms with Gasteiger partial charge in [0, 0.05) is 18.3 Å². The molecule has 0 radical (unpaired) electrons. The first-order chi connectivity index (χ1) is 16.2. The summed E-state index contributed by atoms with van der Waals surface area (Å²) in [7, 11) is 1.62. The maximum Gasteiger partial charge on any atom is 0.248 e. The third-order valence-corrected chi connectivity index (χ3v) is 5.62. The SMILES string of the molecule is COc1cc(Nc2nc(N)n(-c3ccc(C#N)cc3)n2)ccc1OCCCN1CCCCC1. The van der Waals surface area contributed by atoms with Gasteiger partial charge in [-0.2, -0.15) is 14.9 Å². The Balaban J connectivity index is 1.37. The highest BCUT2D eigenvalue weighted by Crippen LogP contribution is 2.31. The van der Waals surface area contributed by atoms with Crippen molar-refractivity contribution in [1.29, 1.82) is 5.26 Å². The molecule has 1 aromatic heterocycles. The van der Waals surface area contributed by atoms with Crippen LogP contribution in [0.25, 0.3) is 5.69 Å². The smallest absolute Gasteiger partial charge is 0.248 e. The Kier molecular flexibility index (Phi) is 7.27. The third kappa shape index (κ3) is 5.73. The second-order valence-corrected chi connectivity index (χ2v) is 7.96. The van der Waals surface area contributed by atoms with Gasteiger partial charge in [0.1, 0.15) is 0 Å². The lowest BCUT2D eigenvalue weighted by molar-refractivity contribution is 0.203. The molecule has 1 fully saturated rings. The standard InChI is InChI=1S/C24H29N7O2/c1-32-22-16-19(8-11-21(22)33-15-5-14-30-12-3-2-4-13-30)27-24-28-23(26)31(29-24)20-9-6-18(17-25)7-10-20/h6-11,16H,2-5,12-15H2,1H3,(H3,26,27,28,29). The van der Waals surface area contributed by atoms with E-state index in [0.717, 1.165) is 24.3 Å². The normalized spacial score (nSPS) is 13.9. The van der Waals surface area contributed by atoms with Crippen LogP contribution in [0, 0.1) is 11.3 Å². The predicted molar refractivity (Wildman–Crippen MR) is 127 cm³/mol. The summed E-state index contributed by atoms with van der Waals surface area (Å²) in [5, 5.41) is 16.5. The van der Waals surface area contributed by atoms with Crippen LogP contribution in [0.1, 0.15) is 31.2 Å². The molecule has 0 bridgehead atoms. The van der Waals surface area contributed by atoms with Crippen molar-refractivity contribution in [3.63, 3.8) is 0 Å². The van der Waals surface area contributed by atoms with Crippen LogP contribution in [0.4, 0.5) is 17.6 Å². The molecule has 33 heavy (non-hydrogen) atoms. The minimum Gasteiger partial charge on any atom is -0.493 e. The number of ether oxygens (including phenoxy) is 2. The molecule has 0 aliphatic carbocycles. The number of benzene rings is 2. The summed E-state index contributed by atoms with van der Waals surface area (Å²) >= 11 is 0. The number of anilines is 3. The van der Waals surface area contributed by atoms with E-state index in [-0.39, 0.29) is 5.95 Å². The van der Waals surface area contributed by atoms with E-state index in [1.807, 2.05) is 18.2 Å². The molecule has 1 saturated heterocycles. The number of rotatable bonds is 9. The topological polar surface area (TPSA) is 114 Å². The molecular formula is C24H29N7O2. The van der Waals surface area contributed by atoms with Crippen LogP contribution in [0.3, 0.4) is 0 Å². The van der Waals surface area contributed by atoms with Gasteiger partial charge in [-0.25, -0.2) is 0 Å². The van der Waals surface area contributed by atoms with Crippen molar-refractivity contribution >= 4 is 17.6 Å². The first kappa shape index (κ1) is 22.4. The molecule has 2 heterocycles. The molecule has 0 atom stereocenters. The van der Waals surface area contributed by atoms with E-state index in [4.69, 9.17) is 20.5 Å². The fourth-order valence-corrected chi connectivity index (χ4v) is 3.89. The van der Waals surface area contributed by atoms with Gasteiger partial charge in [-0.05, 0) is 68.8 Å². The number of nitrogens with zero attached hydrogens (tertiary/aromatic N) is 5. The summed E-state index contributed by atoms with van der Waals surface area (Å²) in [4.78, 5) is 6.79. The summed E-state index contributed by atoms with van der Waals surface area (Å²) in [6.07, 6.45) is 4.94. The van der Waals surface area contributed by atoms with Crippen molar-refractivity contribution in [3.05, 3.63) is 48.0 Å². The van der Waals surface area contributed by atoms with Gasteiger partial charge >= 0.3 is 0 Å². The van der Waals surface area contributed by atoms with Crippen molar-refractivity contribution < 1.29 is 9.47 Å². The number of nitrogens with one attached hydrogen (secondary N) is 1. The minimum atomic E-state index is 0.239. The van der Waals surface area contributed by atoms with Crippen LogP contribution in [0.5, 0.6) is 11.5 Å². The number of nitrogens with two attached hydrogens (primary N) is 1. The summed E-state index contributed by atoms with van der Waals surface area (Å²) < 4.78 is 13.0. The fraction of sp³-hybridized carbons (Fsp3) is 0.375. The summed E-state index contributed by atoms with van der Waals surface area (Å²) in [6.45, 7) is 4.11. The maximum atomic E-state index is 8.96. The predicted octanol–water partition coefficient (Wildman–Crippen LogP) is 3.73. The Hall–Kier alpha value is -3.77. The molecule has 4 rings (SSSR count). The molecule has 0 spiro atoms. The zero-order valence-electron chi connectivity index (χ0n) is 18.8. The molecule has 1 aliphatic heterocycles. The Morgan fingerprint density at radius 3 is 2.61 bits per heavy atom. The Labute approximate surface area is 193 Å². The van der Waals surface area contributed by atoms with Gasteiger partial charge in [0.15, 0.2) is 11.5 Å². The maximum absolute atomic E-state index is 8.96. The van der Waals surface area contributed by atoms with Gasteiger partial charge in [0.25, 0.3) is 0 Å². The number of nitrogen functional groups attached to an aromatic ring is 1. The Morgan fingerprint density at radius 2 is 1.88 bits per heavy atom. The van der Waals surface area contributed by atoms with Crippen molar-refractivity contribution in [2.24, 2.45) is 0 Å². The number of likely N-dealkylation sites (tertiary alicyclic amines) is 1. The van der Waals surface area contributed by atoms with Crippen molar-refractivity contribution in [3.8, 4) is 23.3 Å². The lowest BCUT2D eigenvalue weighted by atomic mass is 10.1. The van der Waals surface area contributed by atoms with Gasteiger partial charge in [0.05, 0.1) is 31.0 Å². The molecule has 1 aliphatic rings. The second-order valence-electron chi connectivity index (χ2n) is 7.96. The van der Waals surface area contributed by atoms with Gasteiger partial charge in [-0.3, -0.25) is 0 Å². The van der Waals surface area contributed by atoms with E-state index in [1.165, 1.54) is 37.0 Å². The average molecular weight is 448 g/mol. The van der Waals surface area contributed by atoms with Gasteiger partial charge in [0.2, 0.25) is 11.9 Å². The molecule has 2 aromatic carbocycles. The van der Waals surface area contributed by atoms with E-state index >= 15 is 0 Å². The first-order valence-electron chi connectivity index (χ1n) is 11.2. The van der Waals surface area contributed by atoms with Crippen molar-refractivity contribution in [2.75, 3.05) is 44.4 Å². The number of hydrogen-bond donors (Lipinski definition) is 2. The average Bonchev–Trinajstić information content (AvgIpc) is 3.22. The molecule has 172 valence electrons. The molecular weight excluding hydrogens is 418 g/mol. The molecule has 0 unspecified atom stereocenters. The van der Waals surface area contributed by atoms with Crippen molar-refractivity contribution in [2.45, 2.75) is 25.7 Å². The largest absolute Gasteiger partial charge is 0.493 e. The molecule has 0 amide bonds. The number of methoxy groups -OCH3 is 1. The van der Waals surface area contributed by atoms with E-state index in [0.29, 0.717) is 29.6 Å². The molecule has 3 aromatic rings. The van der Waals surface area contributed by atoms with Crippen LogP contribution in [-0.4, -0.2) is 53.0 Å². The molecule has 9 nitrogen and oxygen atoms in total. The fourth-order valence-electron chi connectivity index (χ4n) is 3.89. The zero-order valence-corrected chi connectivity index (χ0v) is 18.8. The number of hydrogen-bond acceptors (Lipinski definition) is 8. The Morgan fingerprint density at radius 1 is 1.09 bits per heavy atom. The van der Waals surface area contributed by atoms with Crippen molar-refractivity contribution in [1.82, 2.24) is 19.7 Å². The van der Waals surface area contributed by atoms with Gasteiger partial charge in [-0.15, -0.1) is 5.10 Å². The van der Waals surface area contributed by atoms with Crippen LogP contribution in [0.15, 0.2) is 42.5 Å². The van der Waals surface area contributed by atoms with E-state index in [9.17, 15) is 0 Å². The Bertz CT molecular complexity index is 1100. The van der Waals surface area contributed by atoms with Crippen LogP contribution in [-0.2, 0) is 0 Å². The second kappa shape index (κ2) is 10.7. The number of aromatic nitrogens is 3. The third-order valence-electron chi connectivity index (χ3n) is 5.62. The van der Waals surface area contributed by atoms with E-state index in [2.05, 4.69) is 26.4 Å². The highest BCUT2D eigenvalue weighted by Gasteiger charge is 2.12. The molecule has 0 saturated carbocycles. The molecule has 3 N–H and O–H groups in total. The summed E-state index contributed by atoms with van der Waals surface area (Å²) in [5.41, 5.74) is 8.08. The summed E-state index contributed by atoms with van der Waals surface area (Å²) in [5.74, 6) is 1.94. The zero-order chi connectivity index (χ0) is 23.0. The molecule has 9 heteroatoms. The number of nitriles is 1. The van der Waals surface area contributed by atoms with Gasteiger partial charge < -0.3 is 25.4 Å². The van der Waals surface area contributed by atoms with E-state index in [1.54, 1.807) is 31.4 Å². The van der Waals surface area contributed by atoms with E-state index < -0.39 is 0 Å². The van der Waals surface area contributed by atoms with Crippen LogP contribution >= 0.6 is 0 Å². The lowest BCUT2D eigenvalue weighted by Gasteiger charge is -2.26. The highest BCUT2D eigenvalue weighted by atomic mass is 16.5. The van der Waals surface area contributed by atoms with Gasteiger partial charge in [-0.1, -0.05) is 6.42 Å². The highest BCUT2D eigenvalue weighted by molar-refractivity contribution is 5.60. The van der Waals surface area contributed by atoms with Crippen LogP contribution < -0.4 is 20.5 Å². The number of piperidine rings is 1.